The summed E-state index contributed by atoms with van der Waals surface area (Å²) >= 11 is 5.85. The number of ether oxygens (including phenoxy) is 2. The van der Waals surface area contributed by atoms with Crippen LogP contribution in [0.15, 0.2) is 0 Å². The molecule has 1 aliphatic heterocycles. The van der Waals surface area contributed by atoms with Crippen molar-refractivity contribution in [3.8, 4) is 0 Å². The molecule has 0 N–H and O–H groups in total. The number of methoxy groups -OCH3 is 1. The molecule has 0 saturated carbocycles. The first-order valence-electron chi connectivity index (χ1n) is 6.21. The van der Waals surface area contributed by atoms with Crippen LogP contribution in [0.25, 0.3) is 0 Å². The number of likely N-dealkylation sites (tertiary alicyclic amines) is 1. The van der Waals surface area contributed by atoms with Crippen molar-refractivity contribution >= 4 is 11.6 Å². The van der Waals surface area contributed by atoms with Gasteiger partial charge in [0.15, 0.2) is 0 Å². The maximum absolute atomic E-state index is 5.85. The van der Waals surface area contributed by atoms with Crippen LogP contribution >= 0.6 is 11.6 Å². The van der Waals surface area contributed by atoms with Crippen LogP contribution in [0.5, 0.6) is 0 Å². The fourth-order valence-electron chi connectivity index (χ4n) is 2.00. The Hall–Kier alpha value is 0.170. The van der Waals surface area contributed by atoms with E-state index in [4.69, 9.17) is 21.1 Å². The standard InChI is InChI=1S/C12H24ClNO2/c1-15-9-10-16-8-2-5-14-6-3-12(11-13)4-7-14/h12H,2-11H2,1H3. The molecule has 1 saturated heterocycles. The zero-order valence-electron chi connectivity index (χ0n) is 10.3. The molecule has 4 heteroatoms. The van der Waals surface area contributed by atoms with Crippen molar-refractivity contribution < 1.29 is 9.47 Å². The van der Waals surface area contributed by atoms with E-state index in [2.05, 4.69) is 4.90 Å². The van der Waals surface area contributed by atoms with Crippen LogP contribution in [0.1, 0.15) is 19.3 Å². The van der Waals surface area contributed by atoms with Crippen LogP contribution < -0.4 is 0 Å². The van der Waals surface area contributed by atoms with Crippen molar-refractivity contribution in [2.24, 2.45) is 5.92 Å². The lowest BCUT2D eigenvalue weighted by molar-refractivity contribution is 0.0633. The van der Waals surface area contributed by atoms with E-state index in [1.54, 1.807) is 7.11 Å². The molecule has 1 fully saturated rings. The fraction of sp³-hybridized carbons (Fsp3) is 1.00. The first-order valence-corrected chi connectivity index (χ1v) is 6.75. The molecule has 0 aromatic heterocycles. The largest absolute Gasteiger partial charge is 0.382 e. The van der Waals surface area contributed by atoms with E-state index in [0.717, 1.165) is 31.4 Å². The molecule has 0 atom stereocenters. The molecule has 1 rings (SSSR count). The van der Waals surface area contributed by atoms with Gasteiger partial charge in [-0.05, 0) is 38.3 Å². The molecular weight excluding hydrogens is 226 g/mol. The molecule has 0 aromatic carbocycles. The minimum Gasteiger partial charge on any atom is -0.382 e. The predicted octanol–water partition coefficient (Wildman–Crippen LogP) is 1.99. The molecule has 0 aliphatic carbocycles. The molecule has 0 radical (unpaired) electrons. The summed E-state index contributed by atoms with van der Waals surface area (Å²) in [7, 11) is 1.70. The Kier molecular flexibility index (Phi) is 8.21. The number of nitrogens with zero attached hydrogens (tertiary/aromatic N) is 1. The van der Waals surface area contributed by atoms with Gasteiger partial charge in [-0.15, -0.1) is 11.6 Å². The Bertz CT molecular complexity index is 161. The second kappa shape index (κ2) is 9.23. The number of rotatable bonds is 8. The van der Waals surface area contributed by atoms with Crippen LogP contribution in [0, 0.1) is 5.92 Å². The van der Waals surface area contributed by atoms with Crippen LogP contribution in [0.3, 0.4) is 0 Å². The third kappa shape index (κ3) is 6.04. The van der Waals surface area contributed by atoms with Crippen molar-refractivity contribution in [2.45, 2.75) is 19.3 Å². The molecule has 0 amide bonds. The number of piperidine rings is 1. The molecule has 0 bridgehead atoms. The van der Waals surface area contributed by atoms with Gasteiger partial charge in [-0.25, -0.2) is 0 Å². The molecule has 0 spiro atoms. The minimum atomic E-state index is 0.696. The Morgan fingerprint density at radius 2 is 1.94 bits per heavy atom. The molecule has 1 heterocycles. The van der Waals surface area contributed by atoms with Gasteiger partial charge in [-0.2, -0.15) is 0 Å². The van der Waals surface area contributed by atoms with Gasteiger partial charge in [0.05, 0.1) is 13.2 Å². The second-order valence-electron chi connectivity index (χ2n) is 4.40. The third-order valence-corrected chi connectivity index (χ3v) is 3.56. The molecule has 0 unspecified atom stereocenters. The molecule has 0 aromatic rings. The van der Waals surface area contributed by atoms with Gasteiger partial charge in [0, 0.05) is 26.1 Å². The van der Waals surface area contributed by atoms with Crippen molar-refractivity contribution in [3.05, 3.63) is 0 Å². The first-order chi connectivity index (χ1) is 7.86. The predicted molar refractivity (Wildman–Crippen MR) is 67.2 cm³/mol. The van der Waals surface area contributed by atoms with Crippen molar-refractivity contribution in [1.29, 1.82) is 0 Å². The summed E-state index contributed by atoms with van der Waals surface area (Å²) < 4.78 is 10.3. The Morgan fingerprint density at radius 1 is 1.19 bits per heavy atom. The summed E-state index contributed by atoms with van der Waals surface area (Å²) in [6.07, 6.45) is 3.64. The Labute approximate surface area is 104 Å². The monoisotopic (exact) mass is 249 g/mol. The summed E-state index contributed by atoms with van der Waals surface area (Å²) in [5.74, 6) is 1.57. The minimum absolute atomic E-state index is 0.696. The van der Waals surface area contributed by atoms with Crippen molar-refractivity contribution in [3.63, 3.8) is 0 Å². The average molecular weight is 250 g/mol. The van der Waals surface area contributed by atoms with Gasteiger partial charge in [-0.1, -0.05) is 0 Å². The van der Waals surface area contributed by atoms with E-state index in [9.17, 15) is 0 Å². The third-order valence-electron chi connectivity index (χ3n) is 3.12. The summed E-state index contributed by atoms with van der Waals surface area (Å²) in [6.45, 7) is 5.82. The fourth-order valence-corrected chi connectivity index (χ4v) is 2.31. The van der Waals surface area contributed by atoms with E-state index in [1.165, 1.54) is 25.9 Å². The normalized spacial score (nSPS) is 19.1. The van der Waals surface area contributed by atoms with E-state index in [-0.39, 0.29) is 0 Å². The van der Waals surface area contributed by atoms with Gasteiger partial charge in [0.2, 0.25) is 0 Å². The van der Waals surface area contributed by atoms with Crippen LogP contribution in [-0.2, 0) is 9.47 Å². The van der Waals surface area contributed by atoms with E-state index in [0.29, 0.717) is 13.2 Å². The number of alkyl halides is 1. The second-order valence-corrected chi connectivity index (χ2v) is 4.71. The SMILES string of the molecule is COCCOCCCN1CCC(CCl)CC1. The molecule has 96 valence electrons. The summed E-state index contributed by atoms with van der Waals surface area (Å²) in [5, 5.41) is 0. The summed E-state index contributed by atoms with van der Waals surface area (Å²) in [5.41, 5.74) is 0. The molecule has 1 aliphatic rings. The number of hydrogen-bond donors (Lipinski definition) is 0. The Morgan fingerprint density at radius 3 is 2.56 bits per heavy atom. The molecule has 3 nitrogen and oxygen atoms in total. The van der Waals surface area contributed by atoms with Crippen molar-refractivity contribution in [2.75, 3.05) is 52.4 Å². The van der Waals surface area contributed by atoms with E-state index < -0.39 is 0 Å². The van der Waals surface area contributed by atoms with Gasteiger partial charge < -0.3 is 14.4 Å². The van der Waals surface area contributed by atoms with Gasteiger partial charge in [-0.3, -0.25) is 0 Å². The lowest BCUT2D eigenvalue weighted by atomic mass is 9.99. The maximum Gasteiger partial charge on any atom is 0.0700 e. The van der Waals surface area contributed by atoms with Crippen LogP contribution in [0.2, 0.25) is 0 Å². The average Bonchev–Trinajstić information content (AvgIpc) is 2.34. The zero-order chi connectivity index (χ0) is 11.6. The topological polar surface area (TPSA) is 21.7 Å². The van der Waals surface area contributed by atoms with Gasteiger partial charge in [0.25, 0.3) is 0 Å². The smallest absolute Gasteiger partial charge is 0.0700 e. The van der Waals surface area contributed by atoms with Crippen LogP contribution in [-0.4, -0.2) is 57.3 Å². The highest BCUT2D eigenvalue weighted by atomic mass is 35.5. The summed E-state index contributed by atoms with van der Waals surface area (Å²) in [4.78, 5) is 2.52. The summed E-state index contributed by atoms with van der Waals surface area (Å²) in [6, 6.07) is 0. The number of halogens is 1. The van der Waals surface area contributed by atoms with Gasteiger partial charge in [0.1, 0.15) is 0 Å². The van der Waals surface area contributed by atoms with Crippen LogP contribution in [0.4, 0.5) is 0 Å². The lowest BCUT2D eigenvalue weighted by Gasteiger charge is -2.30. The number of hydrogen-bond acceptors (Lipinski definition) is 3. The van der Waals surface area contributed by atoms with Gasteiger partial charge >= 0.3 is 0 Å². The van der Waals surface area contributed by atoms with E-state index in [1.807, 2.05) is 0 Å². The first kappa shape index (κ1) is 14.2. The quantitative estimate of drug-likeness (QED) is 0.485. The molecule has 16 heavy (non-hydrogen) atoms. The zero-order valence-corrected chi connectivity index (χ0v) is 11.0. The Balaban J connectivity index is 1.90. The molecular formula is C12H24ClNO2. The highest BCUT2D eigenvalue weighted by Crippen LogP contribution is 2.18. The van der Waals surface area contributed by atoms with Crippen molar-refractivity contribution in [1.82, 2.24) is 4.90 Å². The lowest BCUT2D eigenvalue weighted by Crippen LogP contribution is -2.35. The highest BCUT2D eigenvalue weighted by Gasteiger charge is 2.17. The van der Waals surface area contributed by atoms with E-state index >= 15 is 0 Å². The maximum atomic E-state index is 5.85. The highest BCUT2D eigenvalue weighted by molar-refractivity contribution is 6.18.